The van der Waals surface area contributed by atoms with Gasteiger partial charge in [0.1, 0.15) is 0 Å². The fourth-order valence-corrected chi connectivity index (χ4v) is 1.63. The maximum atomic E-state index is 11.1. The zero-order chi connectivity index (χ0) is 12.4. The van der Waals surface area contributed by atoms with Crippen LogP contribution in [0, 0.1) is 6.92 Å². The monoisotopic (exact) mass is 229 g/mol. The second-order valence-electron chi connectivity index (χ2n) is 3.61. The predicted molar refractivity (Wildman–Crippen MR) is 63.6 cm³/mol. The number of aryl methyl sites for hydroxylation is 1. The second-order valence-corrected chi connectivity index (χ2v) is 3.61. The lowest BCUT2D eigenvalue weighted by atomic mass is 10.0. The van der Waals surface area contributed by atoms with Gasteiger partial charge in [0.2, 0.25) is 5.95 Å². The van der Waals surface area contributed by atoms with Crippen LogP contribution in [0.4, 0.5) is 5.95 Å². The van der Waals surface area contributed by atoms with Crippen molar-refractivity contribution in [3.63, 3.8) is 0 Å². The molecule has 3 N–H and O–H groups in total. The van der Waals surface area contributed by atoms with E-state index in [1.54, 1.807) is 0 Å². The molecule has 86 valence electrons. The Balaban J connectivity index is 2.68. The maximum Gasteiger partial charge on any atom is 0.355 e. The Hall–Kier alpha value is -2.43. The molecule has 0 aliphatic heterocycles. The molecule has 2 rings (SSSR count). The van der Waals surface area contributed by atoms with Crippen LogP contribution in [0.5, 0.6) is 0 Å². The van der Waals surface area contributed by atoms with E-state index < -0.39 is 5.97 Å². The molecule has 17 heavy (non-hydrogen) atoms. The minimum Gasteiger partial charge on any atom is -0.476 e. The molecule has 0 radical (unpaired) electrons. The molecule has 0 unspecified atom stereocenters. The molecule has 5 nitrogen and oxygen atoms in total. The van der Waals surface area contributed by atoms with E-state index in [4.69, 9.17) is 10.8 Å². The quantitative estimate of drug-likeness (QED) is 0.818. The number of hydrogen-bond donors (Lipinski definition) is 2. The molecule has 5 heteroatoms. The van der Waals surface area contributed by atoms with Crippen LogP contribution in [0.15, 0.2) is 30.5 Å². The number of hydrogen-bond acceptors (Lipinski definition) is 4. The van der Waals surface area contributed by atoms with E-state index in [1.165, 1.54) is 6.20 Å². The topological polar surface area (TPSA) is 89.1 Å². The van der Waals surface area contributed by atoms with Gasteiger partial charge >= 0.3 is 5.97 Å². The Kier molecular flexibility index (Phi) is 2.74. The van der Waals surface area contributed by atoms with Crippen molar-refractivity contribution in [1.29, 1.82) is 0 Å². The molecule has 0 amide bonds. The average Bonchev–Trinajstić information content (AvgIpc) is 2.30. The van der Waals surface area contributed by atoms with Gasteiger partial charge in [0.15, 0.2) is 5.69 Å². The summed E-state index contributed by atoms with van der Waals surface area (Å²) in [6.07, 6.45) is 1.44. The molecule has 2 aromatic rings. The Labute approximate surface area is 98.0 Å². The van der Waals surface area contributed by atoms with Gasteiger partial charge in [-0.1, -0.05) is 24.3 Å². The van der Waals surface area contributed by atoms with Gasteiger partial charge < -0.3 is 10.8 Å². The maximum absolute atomic E-state index is 11.1. The van der Waals surface area contributed by atoms with E-state index in [9.17, 15) is 4.79 Å². The Morgan fingerprint density at radius 2 is 2.00 bits per heavy atom. The number of aromatic nitrogens is 2. The lowest BCUT2D eigenvalue weighted by Gasteiger charge is -2.08. The van der Waals surface area contributed by atoms with Crippen LogP contribution in [0.25, 0.3) is 11.1 Å². The van der Waals surface area contributed by atoms with Crippen LogP contribution >= 0.6 is 0 Å². The number of nitrogens with two attached hydrogens (primary N) is 1. The van der Waals surface area contributed by atoms with Gasteiger partial charge in [-0.2, -0.15) is 0 Å². The number of carbonyl (C=O) groups is 1. The normalized spacial score (nSPS) is 10.2. The van der Waals surface area contributed by atoms with Gasteiger partial charge in [0, 0.05) is 11.8 Å². The van der Waals surface area contributed by atoms with Crippen molar-refractivity contribution in [1.82, 2.24) is 9.97 Å². The molecule has 1 aromatic heterocycles. The van der Waals surface area contributed by atoms with Crippen LogP contribution in [0.1, 0.15) is 16.1 Å². The summed E-state index contributed by atoms with van der Waals surface area (Å²) in [5.74, 6) is -1.16. The van der Waals surface area contributed by atoms with Gasteiger partial charge in [-0.05, 0) is 18.1 Å². The molecule has 0 atom stereocenters. The molecule has 0 bridgehead atoms. The SMILES string of the molecule is Cc1ccccc1-c1cnc(N)nc1C(=O)O. The first kappa shape index (κ1) is 11.1. The van der Waals surface area contributed by atoms with E-state index in [-0.39, 0.29) is 11.6 Å². The van der Waals surface area contributed by atoms with Crippen LogP contribution in [-0.4, -0.2) is 21.0 Å². The minimum atomic E-state index is -1.11. The standard InChI is InChI=1S/C12H11N3O2/c1-7-4-2-3-5-8(7)9-6-14-12(13)15-10(9)11(16)17/h2-6H,1H3,(H,16,17)(H2,13,14,15). The third kappa shape index (κ3) is 2.08. The highest BCUT2D eigenvalue weighted by atomic mass is 16.4. The Morgan fingerprint density at radius 1 is 1.29 bits per heavy atom. The van der Waals surface area contributed by atoms with Crippen molar-refractivity contribution in [2.75, 3.05) is 5.73 Å². The molecular formula is C12H11N3O2. The predicted octanol–water partition coefficient (Wildman–Crippen LogP) is 1.73. The number of carboxylic acids is 1. The highest BCUT2D eigenvalue weighted by Crippen LogP contribution is 2.25. The lowest BCUT2D eigenvalue weighted by molar-refractivity contribution is 0.0691. The largest absolute Gasteiger partial charge is 0.476 e. The highest BCUT2D eigenvalue weighted by molar-refractivity contribution is 5.94. The van der Waals surface area contributed by atoms with Crippen molar-refractivity contribution in [2.45, 2.75) is 6.92 Å². The van der Waals surface area contributed by atoms with E-state index in [1.807, 2.05) is 31.2 Å². The van der Waals surface area contributed by atoms with Gasteiger partial charge in [0.25, 0.3) is 0 Å². The third-order valence-corrected chi connectivity index (χ3v) is 2.45. The van der Waals surface area contributed by atoms with Crippen molar-refractivity contribution in [3.05, 3.63) is 41.7 Å². The fraction of sp³-hybridized carbons (Fsp3) is 0.0833. The second kappa shape index (κ2) is 4.21. The zero-order valence-corrected chi connectivity index (χ0v) is 9.21. The number of carboxylic acid groups (broad SMARTS) is 1. The number of anilines is 1. The van der Waals surface area contributed by atoms with Crippen LogP contribution in [0.2, 0.25) is 0 Å². The number of nitrogens with zero attached hydrogens (tertiary/aromatic N) is 2. The van der Waals surface area contributed by atoms with Crippen LogP contribution in [0.3, 0.4) is 0 Å². The van der Waals surface area contributed by atoms with Gasteiger partial charge in [-0.25, -0.2) is 14.8 Å². The van der Waals surface area contributed by atoms with Gasteiger partial charge in [0.05, 0.1) is 0 Å². The van der Waals surface area contributed by atoms with Gasteiger partial charge in [-0.15, -0.1) is 0 Å². The van der Waals surface area contributed by atoms with Crippen molar-refractivity contribution >= 4 is 11.9 Å². The van der Waals surface area contributed by atoms with E-state index in [0.717, 1.165) is 11.1 Å². The van der Waals surface area contributed by atoms with Crippen LogP contribution < -0.4 is 5.73 Å². The fourth-order valence-electron chi connectivity index (χ4n) is 1.63. The molecule has 0 spiro atoms. The smallest absolute Gasteiger partial charge is 0.355 e. The Bertz CT molecular complexity index is 582. The Morgan fingerprint density at radius 3 is 2.65 bits per heavy atom. The summed E-state index contributed by atoms with van der Waals surface area (Å²) in [4.78, 5) is 18.7. The molecule has 0 saturated carbocycles. The molecule has 0 fully saturated rings. The summed E-state index contributed by atoms with van der Waals surface area (Å²) in [7, 11) is 0. The average molecular weight is 229 g/mol. The van der Waals surface area contributed by atoms with Crippen molar-refractivity contribution < 1.29 is 9.90 Å². The number of nitrogen functional groups attached to an aromatic ring is 1. The number of rotatable bonds is 2. The summed E-state index contributed by atoms with van der Waals surface area (Å²) in [6, 6.07) is 7.45. The van der Waals surface area contributed by atoms with E-state index in [2.05, 4.69) is 9.97 Å². The van der Waals surface area contributed by atoms with Crippen molar-refractivity contribution in [2.24, 2.45) is 0 Å². The third-order valence-electron chi connectivity index (χ3n) is 2.45. The summed E-state index contributed by atoms with van der Waals surface area (Å²) in [5, 5.41) is 9.10. The molecular weight excluding hydrogens is 218 g/mol. The van der Waals surface area contributed by atoms with Crippen molar-refractivity contribution in [3.8, 4) is 11.1 Å². The molecule has 0 saturated heterocycles. The first-order valence-corrected chi connectivity index (χ1v) is 5.01. The molecule has 0 aliphatic rings. The summed E-state index contributed by atoms with van der Waals surface area (Å²) >= 11 is 0. The van der Waals surface area contributed by atoms with E-state index in [0.29, 0.717) is 5.56 Å². The lowest BCUT2D eigenvalue weighted by Crippen LogP contribution is -2.07. The molecule has 0 aliphatic carbocycles. The molecule has 1 heterocycles. The summed E-state index contributed by atoms with van der Waals surface area (Å²) in [6.45, 7) is 1.90. The summed E-state index contributed by atoms with van der Waals surface area (Å²) in [5.41, 5.74) is 7.55. The van der Waals surface area contributed by atoms with Gasteiger partial charge in [-0.3, -0.25) is 0 Å². The minimum absolute atomic E-state index is 0.0419. The molecule has 1 aromatic carbocycles. The van der Waals surface area contributed by atoms with E-state index >= 15 is 0 Å². The first-order chi connectivity index (χ1) is 8.09. The van der Waals surface area contributed by atoms with Crippen LogP contribution in [-0.2, 0) is 0 Å². The first-order valence-electron chi connectivity index (χ1n) is 5.01. The number of benzene rings is 1. The number of aromatic carboxylic acids is 1. The summed E-state index contributed by atoms with van der Waals surface area (Å²) < 4.78 is 0. The zero-order valence-electron chi connectivity index (χ0n) is 9.21. The highest BCUT2D eigenvalue weighted by Gasteiger charge is 2.15.